The van der Waals surface area contributed by atoms with Gasteiger partial charge in [0.2, 0.25) is 0 Å². The van der Waals surface area contributed by atoms with Crippen LogP contribution in [0.5, 0.6) is 0 Å². The molecular weight excluding hydrogens is 1570 g/mol. The lowest BCUT2D eigenvalue weighted by Gasteiger charge is -2.09. The fraction of sp³-hybridized carbons (Fsp3) is 0.553. The fourth-order valence-corrected chi connectivity index (χ4v) is 28.8. The molecule has 2 aliphatic rings. The summed E-state index contributed by atoms with van der Waals surface area (Å²) < 4.78 is 4.11. The van der Waals surface area contributed by atoms with Gasteiger partial charge in [0.1, 0.15) is 8.64 Å². The van der Waals surface area contributed by atoms with Gasteiger partial charge in [-0.15, -0.1) is 90.7 Å². The van der Waals surface area contributed by atoms with Crippen LogP contribution in [0.2, 0.25) is 0 Å². The van der Waals surface area contributed by atoms with E-state index in [0.717, 1.165) is 58.1 Å². The maximum absolute atomic E-state index is 13.6. The van der Waals surface area contributed by atoms with Gasteiger partial charge in [-0.1, -0.05) is 282 Å². The van der Waals surface area contributed by atoms with Crippen molar-refractivity contribution in [2.24, 2.45) is 0 Å². The van der Waals surface area contributed by atoms with Gasteiger partial charge >= 0.3 is 0 Å². The van der Waals surface area contributed by atoms with Gasteiger partial charge < -0.3 is 0 Å². The van der Waals surface area contributed by atoms with Crippen molar-refractivity contribution in [3.8, 4) is 58.5 Å². The van der Waals surface area contributed by atoms with Gasteiger partial charge in [0.05, 0.1) is 9.81 Å². The Morgan fingerprint density at radius 2 is 0.500 bits per heavy atom. The molecular formula is C94H124N2O2S12. The number of benzene rings is 1. The van der Waals surface area contributed by atoms with E-state index in [-0.39, 0.29) is 11.8 Å². The van der Waals surface area contributed by atoms with Crippen LogP contribution in [-0.2, 0) is 48.1 Å². The van der Waals surface area contributed by atoms with Crippen molar-refractivity contribution in [2.75, 3.05) is 13.1 Å². The number of aryl methyl sites for hydroxylation is 6. The summed E-state index contributed by atoms with van der Waals surface area (Å²) in [4.78, 5) is 51.8. The van der Waals surface area contributed by atoms with E-state index in [4.69, 9.17) is 24.4 Å². The first kappa shape index (κ1) is 87.5. The number of thioether (sulfide) groups is 2. The number of thiocarbonyl (C=S) groups is 2. The summed E-state index contributed by atoms with van der Waals surface area (Å²) in [5.74, 6) is 0.0866. The average molecular weight is 1700 g/mol. The van der Waals surface area contributed by atoms with Gasteiger partial charge in [-0.2, -0.15) is 0 Å². The Labute approximate surface area is 714 Å². The molecule has 0 aliphatic carbocycles. The first-order valence-corrected chi connectivity index (χ1v) is 52.1. The zero-order chi connectivity index (χ0) is 77.1. The number of nitrogens with zero attached hydrogens (tertiary/aromatic N) is 2. The van der Waals surface area contributed by atoms with Crippen LogP contribution < -0.4 is 0 Å². The molecule has 8 aromatic heterocycles. The molecule has 110 heavy (non-hydrogen) atoms. The molecule has 0 unspecified atom stereocenters. The van der Waals surface area contributed by atoms with E-state index in [0.29, 0.717) is 21.7 Å². The van der Waals surface area contributed by atoms with E-state index < -0.39 is 0 Å². The van der Waals surface area contributed by atoms with Crippen molar-refractivity contribution < 1.29 is 9.59 Å². The Kier molecular flexibility index (Phi) is 36.6. The van der Waals surface area contributed by atoms with Crippen molar-refractivity contribution in [3.05, 3.63) is 114 Å². The van der Waals surface area contributed by atoms with E-state index in [1.54, 1.807) is 9.80 Å². The van der Waals surface area contributed by atoms with Crippen LogP contribution in [0.25, 0.3) is 90.9 Å². The standard InChI is InChI=1S/C94H124N2O2S12/c1-9-17-23-29-35-41-47-65-53-73(63-83-91(97)95(15-7)93(99)109-83)101-85(65)79-55-69(51-45-39-33-27-21-13-5)89(105-79)81-57-67(49-43-37-31-25-19-11-3)87(107-81)77-61-71-59-76-72(60-75(71)103-77)62-78(104-76)88-68(50-44-38-32-26-20-12-4)58-82(108-88)90-70(52-46-40-34-28-22-14-6)56-80(106-90)86-66(48-42-36-30-24-18-10-2)54-74(102-86)64-84-92(98)96(16-8)94(100)110-84/h53-64H,9-52H2,1-8H3/b83-63+,84-64+. The highest BCUT2D eigenvalue weighted by Gasteiger charge is 2.33. The lowest BCUT2D eigenvalue weighted by atomic mass is 10.0. The van der Waals surface area contributed by atoms with Crippen molar-refractivity contribution in [1.29, 1.82) is 0 Å². The maximum atomic E-state index is 13.6. The second-order valence-electron chi connectivity index (χ2n) is 31.0. The third-order valence-electron chi connectivity index (χ3n) is 22.1. The van der Waals surface area contributed by atoms with Gasteiger partial charge in [0.15, 0.2) is 0 Å². The molecule has 2 amide bonds. The van der Waals surface area contributed by atoms with Crippen LogP contribution in [-0.4, -0.2) is 43.3 Å². The molecule has 0 N–H and O–H groups in total. The highest BCUT2D eigenvalue weighted by atomic mass is 32.2. The molecule has 2 fully saturated rings. The predicted octanol–water partition coefficient (Wildman–Crippen LogP) is 34.3. The second-order valence-corrected chi connectivity index (χ2v) is 42.9. The fourth-order valence-electron chi connectivity index (χ4n) is 15.7. The quantitative estimate of drug-likeness (QED) is 0.0215. The highest BCUT2D eigenvalue weighted by Crippen LogP contribution is 2.53. The molecule has 0 spiro atoms. The van der Waals surface area contributed by atoms with Crippen LogP contribution in [0.3, 0.4) is 0 Å². The van der Waals surface area contributed by atoms with Crippen molar-refractivity contribution >= 4 is 191 Å². The van der Waals surface area contributed by atoms with Crippen LogP contribution in [0.4, 0.5) is 0 Å². The Morgan fingerprint density at radius 3 is 0.745 bits per heavy atom. The number of hydrogen-bond acceptors (Lipinski definition) is 14. The van der Waals surface area contributed by atoms with E-state index in [1.807, 2.05) is 81.9 Å². The molecule has 594 valence electrons. The lowest BCUT2D eigenvalue weighted by Crippen LogP contribution is -2.27. The summed E-state index contributed by atoms with van der Waals surface area (Å²) in [6.45, 7) is 19.2. The molecule has 1 aromatic carbocycles. The minimum Gasteiger partial charge on any atom is -0.293 e. The number of rotatable bonds is 52. The molecule has 0 bridgehead atoms. The first-order chi connectivity index (χ1) is 53.9. The van der Waals surface area contributed by atoms with Gasteiger partial charge in [0.25, 0.3) is 11.8 Å². The molecule has 11 rings (SSSR count). The van der Waals surface area contributed by atoms with E-state index in [9.17, 15) is 9.59 Å². The second kappa shape index (κ2) is 46.0. The summed E-state index contributed by atoms with van der Waals surface area (Å²) in [5, 5.41) is 2.73. The van der Waals surface area contributed by atoms with E-state index >= 15 is 0 Å². The van der Waals surface area contributed by atoms with E-state index in [2.05, 4.69) is 137 Å². The summed E-state index contributed by atoms with van der Waals surface area (Å²) in [6.07, 6.45) is 57.0. The van der Waals surface area contributed by atoms with Crippen LogP contribution >= 0.6 is 139 Å². The Bertz CT molecular complexity index is 4160. The molecule has 10 heterocycles. The van der Waals surface area contributed by atoms with Gasteiger partial charge in [-0.25, -0.2) is 0 Å². The molecule has 4 nitrogen and oxygen atoms in total. The first-order valence-electron chi connectivity index (χ1n) is 43.1. The minimum absolute atomic E-state index is 0.0433. The van der Waals surface area contributed by atoms with E-state index in [1.165, 1.54) is 367 Å². The Hall–Kier alpha value is -3.36. The third-order valence-corrected chi connectivity index (χ3v) is 35.1. The van der Waals surface area contributed by atoms with Gasteiger partial charge in [0, 0.05) is 90.8 Å². The zero-order valence-corrected chi connectivity index (χ0v) is 77.4. The molecule has 2 saturated heterocycles. The smallest absolute Gasteiger partial charge is 0.266 e. The maximum Gasteiger partial charge on any atom is 0.266 e. The largest absolute Gasteiger partial charge is 0.293 e. The molecule has 0 atom stereocenters. The molecule has 0 radical (unpaired) electrons. The molecule has 0 saturated carbocycles. The van der Waals surface area contributed by atoms with Gasteiger partial charge in [-0.05, 0) is 208 Å². The molecule has 16 heteroatoms. The van der Waals surface area contributed by atoms with Crippen molar-refractivity contribution in [2.45, 2.75) is 325 Å². The summed E-state index contributed by atoms with van der Waals surface area (Å²) in [6, 6.07) is 25.5. The summed E-state index contributed by atoms with van der Waals surface area (Å²) in [7, 11) is 0. The average Bonchev–Trinajstić information content (AvgIpc) is 1.62. The number of hydrogen-bond donors (Lipinski definition) is 0. The summed E-state index contributed by atoms with van der Waals surface area (Å²) in [5.41, 5.74) is 8.95. The zero-order valence-electron chi connectivity index (χ0n) is 67.7. The Morgan fingerprint density at radius 1 is 0.273 bits per heavy atom. The Balaban J connectivity index is 0.949. The highest BCUT2D eigenvalue weighted by molar-refractivity contribution is 8.27. The molecule has 2 aliphatic heterocycles. The number of thiophene rings is 8. The number of fused-ring (bicyclic) bond motifs is 2. The number of amides is 2. The SMILES string of the molecule is CCCCCCCCc1cc(/C=C2/SC(=S)N(CC)C2=O)sc1-c1cc(CCCCCCCC)c(-c2cc(CCCCCCCC)c(-c3cc4cc5sc(-c6sc(-c7sc(-c8sc(/C=C9/SC(=S)N(CC)C9=O)cc8CCCCCCCC)cc7CCCCCCCC)cc6CCCCCCCC)cc5cc4s3)s2)s1. The topological polar surface area (TPSA) is 40.6 Å². The predicted molar refractivity (Wildman–Crippen MR) is 511 cm³/mol. The number of carbonyl (C=O) groups is 2. The summed E-state index contributed by atoms with van der Waals surface area (Å²) >= 11 is 30.4. The third kappa shape index (κ3) is 23.9. The van der Waals surface area contributed by atoms with Crippen molar-refractivity contribution in [3.63, 3.8) is 0 Å². The van der Waals surface area contributed by atoms with Crippen molar-refractivity contribution in [1.82, 2.24) is 9.80 Å². The number of carbonyl (C=O) groups excluding carboxylic acids is 2. The lowest BCUT2D eigenvalue weighted by molar-refractivity contribution is -0.122. The molecule has 9 aromatic rings. The van der Waals surface area contributed by atoms with Crippen LogP contribution in [0, 0.1) is 0 Å². The van der Waals surface area contributed by atoms with Gasteiger partial charge in [-0.3, -0.25) is 19.4 Å². The number of likely N-dealkylation sites (N-methyl/N-ethyl adjacent to an activating group) is 2. The van der Waals surface area contributed by atoms with Crippen LogP contribution in [0.1, 0.15) is 330 Å². The monoisotopic (exact) mass is 1700 g/mol. The van der Waals surface area contributed by atoms with Crippen LogP contribution in [0.15, 0.2) is 70.5 Å². The normalized spacial score (nSPS) is 14.3. The minimum atomic E-state index is 0.0433. The number of unbranched alkanes of at least 4 members (excludes halogenated alkanes) is 30.